The van der Waals surface area contributed by atoms with Crippen LogP contribution in [0.3, 0.4) is 0 Å². The molecule has 21 heavy (non-hydrogen) atoms. The number of nitrogens with zero attached hydrogens (tertiary/aromatic N) is 1. The van der Waals surface area contributed by atoms with Gasteiger partial charge in [-0.2, -0.15) is 0 Å². The Morgan fingerprint density at radius 2 is 2.05 bits per heavy atom. The van der Waals surface area contributed by atoms with Crippen molar-refractivity contribution in [1.29, 1.82) is 0 Å². The summed E-state index contributed by atoms with van der Waals surface area (Å²) in [6.07, 6.45) is 0.345. The minimum atomic E-state index is -0.0699. The lowest BCUT2D eigenvalue weighted by Gasteiger charge is -2.18. The average Bonchev–Trinajstić information content (AvgIpc) is 2.51. The van der Waals surface area contributed by atoms with Crippen molar-refractivity contribution in [2.45, 2.75) is 19.9 Å². The average molecular weight is 292 g/mol. The largest absolute Gasteiger partial charge is 0.358 e. The molecule has 116 valence electrons. The number of rotatable bonds is 8. The van der Waals surface area contributed by atoms with E-state index in [-0.39, 0.29) is 11.8 Å². The molecule has 0 aliphatic carbocycles. The van der Waals surface area contributed by atoms with Gasteiger partial charge in [-0.15, -0.1) is 0 Å². The number of carbonyl (C=O) groups is 2. The highest BCUT2D eigenvalue weighted by atomic mass is 16.2. The molecule has 2 amide bonds. The third kappa shape index (κ3) is 6.37. The molecule has 1 rings (SSSR count). The smallest absolute Gasteiger partial charge is 0.233 e. The van der Waals surface area contributed by atoms with E-state index in [1.807, 2.05) is 36.1 Å². The summed E-state index contributed by atoms with van der Waals surface area (Å²) in [6.45, 7) is 3.99. The summed E-state index contributed by atoms with van der Waals surface area (Å²) in [5, 5.41) is 5.42. The van der Waals surface area contributed by atoms with Gasteiger partial charge in [-0.25, -0.2) is 0 Å². The van der Waals surface area contributed by atoms with Gasteiger partial charge in [-0.05, 0) is 24.2 Å². The number of likely N-dealkylation sites (N-methyl/N-ethyl adjacent to an activating group) is 2. The molecule has 0 atom stereocenters. The van der Waals surface area contributed by atoms with Crippen molar-refractivity contribution in [3.05, 3.63) is 29.8 Å². The summed E-state index contributed by atoms with van der Waals surface area (Å²) >= 11 is 0. The highest BCUT2D eigenvalue weighted by molar-refractivity contribution is 5.90. The second kappa shape index (κ2) is 9.10. The van der Waals surface area contributed by atoms with Crippen LogP contribution in [0.5, 0.6) is 0 Å². The summed E-state index contributed by atoms with van der Waals surface area (Å²) in [7, 11) is 1.60. The Labute approximate surface area is 125 Å². The molecule has 1 aromatic rings. The van der Waals surface area contributed by atoms with Gasteiger partial charge in [0, 0.05) is 32.2 Å². The SMILES string of the molecule is CCN(CCC(=O)Nc1cccc(CN)c1)CC(=O)NC. The van der Waals surface area contributed by atoms with Crippen molar-refractivity contribution in [2.75, 3.05) is 32.0 Å². The minimum absolute atomic E-state index is 0.0482. The Morgan fingerprint density at radius 3 is 2.67 bits per heavy atom. The Hall–Kier alpha value is -1.92. The predicted molar refractivity (Wildman–Crippen MR) is 83.8 cm³/mol. The zero-order chi connectivity index (χ0) is 15.7. The van der Waals surface area contributed by atoms with Crippen LogP contribution in [-0.2, 0) is 16.1 Å². The van der Waals surface area contributed by atoms with Gasteiger partial charge in [0.1, 0.15) is 0 Å². The molecule has 0 saturated carbocycles. The molecule has 0 radical (unpaired) electrons. The first kappa shape index (κ1) is 17.1. The van der Waals surface area contributed by atoms with Gasteiger partial charge in [0.2, 0.25) is 11.8 Å². The highest BCUT2D eigenvalue weighted by Gasteiger charge is 2.10. The van der Waals surface area contributed by atoms with Crippen LogP contribution in [0.2, 0.25) is 0 Å². The summed E-state index contributed by atoms with van der Waals surface area (Å²) in [5.41, 5.74) is 7.29. The lowest BCUT2D eigenvalue weighted by atomic mass is 10.2. The number of carbonyl (C=O) groups excluding carboxylic acids is 2. The van der Waals surface area contributed by atoms with E-state index in [1.54, 1.807) is 7.05 Å². The van der Waals surface area contributed by atoms with E-state index in [4.69, 9.17) is 5.73 Å². The third-order valence-corrected chi connectivity index (χ3v) is 3.19. The van der Waals surface area contributed by atoms with E-state index in [0.717, 1.165) is 17.8 Å². The van der Waals surface area contributed by atoms with E-state index in [1.165, 1.54) is 0 Å². The maximum atomic E-state index is 11.9. The Kier molecular flexibility index (Phi) is 7.42. The summed E-state index contributed by atoms with van der Waals surface area (Å²) in [4.78, 5) is 25.2. The molecule has 1 aromatic carbocycles. The number of benzene rings is 1. The second-order valence-electron chi connectivity index (χ2n) is 4.74. The van der Waals surface area contributed by atoms with Gasteiger partial charge >= 0.3 is 0 Å². The summed E-state index contributed by atoms with van der Waals surface area (Å²) in [5.74, 6) is -0.118. The quantitative estimate of drug-likeness (QED) is 0.652. The molecule has 4 N–H and O–H groups in total. The van der Waals surface area contributed by atoms with E-state index < -0.39 is 0 Å². The molecular formula is C15H24N4O2. The first-order valence-corrected chi connectivity index (χ1v) is 7.10. The van der Waals surface area contributed by atoms with Gasteiger partial charge in [-0.3, -0.25) is 14.5 Å². The van der Waals surface area contributed by atoms with Gasteiger partial charge in [0.05, 0.1) is 6.54 Å². The van der Waals surface area contributed by atoms with Crippen molar-refractivity contribution in [3.63, 3.8) is 0 Å². The zero-order valence-electron chi connectivity index (χ0n) is 12.7. The van der Waals surface area contributed by atoms with Crippen molar-refractivity contribution >= 4 is 17.5 Å². The lowest BCUT2D eigenvalue weighted by Crippen LogP contribution is -2.37. The summed E-state index contributed by atoms with van der Waals surface area (Å²) < 4.78 is 0. The van der Waals surface area contributed by atoms with Crippen LogP contribution in [0.25, 0.3) is 0 Å². The van der Waals surface area contributed by atoms with Crippen LogP contribution >= 0.6 is 0 Å². The van der Waals surface area contributed by atoms with Crippen LogP contribution in [0.1, 0.15) is 18.9 Å². The van der Waals surface area contributed by atoms with Crippen LogP contribution in [0.4, 0.5) is 5.69 Å². The first-order chi connectivity index (χ1) is 10.1. The van der Waals surface area contributed by atoms with Crippen molar-refractivity contribution in [1.82, 2.24) is 10.2 Å². The van der Waals surface area contributed by atoms with E-state index >= 15 is 0 Å². The van der Waals surface area contributed by atoms with Crippen LogP contribution in [0, 0.1) is 0 Å². The number of hydrogen-bond donors (Lipinski definition) is 3. The first-order valence-electron chi connectivity index (χ1n) is 7.10. The van der Waals surface area contributed by atoms with Gasteiger partial charge in [0.15, 0.2) is 0 Å². The lowest BCUT2D eigenvalue weighted by molar-refractivity contribution is -0.122. The van der Waals surface area contributed by atoms with Gasteiger partial charge < -0.3 is 16.4 Å². The molecule has 0 bridgehead atoms. The molecule has 0 saturated heterocycles. The topological polar surface area (TPSA) is 87.5 Å². The highest BCUT2D eigenvalue weighted by Crippen LogP contribution is 2.10. The number of hydrogen-bond acceptors (Lipinski definition) is 4. The van der Waals surface area contributed by atoms with Crippen LogP contribution < -0.4 is 16.4 Å². The fourth-order valence-corrected chi connectivity index (χ4v) is 1.89. The molecule has 0 heterocycles. The van der Waals surface area contributed by atoms with Crippen molar-refractivity contribution in [3.8, 4) is 0 Å². The van der Waals surface area contributed by atoms with E-state index in [0.29, 0.717) is 26.1 Å². The van der Waals surface area contributed by atoms with Gasteiger partial charge in [-0.1, -0.05) is 19.1 Å². The van der Waals surface area contributed by atoms with Crippen LogP contribution in [0.15, 0.2) is 24.3 Å². The molecule has 0 spiro atoms. The fraction of sp³-hybridized carbons (Fsp3) is 0.467. The Balaban J connectivity index is 2.43. The molecule has 0 aromatic heterocycles. The van der Waals surface area contributed by atoms with E-state index in [9.17, 15) is 9.59 Å². The zero-order valence-corrected chi connectivity index (χ0v) is 12.7. The Morgan fingerprint density at radius 1 is 1.29 bits per heavy atom. The molecule has 0 aliphatic rings. The molecule has 0 unspecified atom stereocenters. The molecule has 0 fully saturated rings. The maximum Gasteiger partial charge on any atom is 0.233 e. The minimum Gasteiger partial charge on any atom is -0.358 e. The maximum absolute atomic E-state index is 11.9. The normalized spacial score (nSPS) is 10.5. The summed E-state index contributed by atoms with van der Waals surface area (Å²) in [6, 6.07) is 7.47. The number of nitrogens with two attached hydrogens (primary N) is 1. The number of nitrogens with one attached hydrogen (secondary N) is 2. The second-order valence-corrected chi connectivity index (χ2v) is 4.74. The molecule has 6 heteroatoms. The number of anilines is 1. The molecule has 6 nitrogen and oxygen atoms in total. The Bertz CT molecular complexity index is 476. The van der Waals surface area contributed by atoms with E-state index in [2.05, 4.69) is 10.6 Å². The molecule has 0 aliphatic heterocycles. The van der Waals surface area contributed by atoms with Crippen molar-refractivity contribution in [2.24, 2.45) is 5.73 Å². The number of amides is 2. The predicted octanol–water partition coefficient (Wildman–Crippen LogP) is 0.542. The third-order valence-electron chi connectivity index (χ3n) is 3.19. The van der Waals surface area contributed by atoms with Crippen molar-refractivity contribution < 1.29 is 9.59 Å². The van der Waals surface area contributed by atoms with Gasteiger partial charge in [0.25, 0.3) is 0 Å². The fourth-order valence-electron chi connectivity index (χ4n) is 1.89. The molecular weight excluding hydrogens is 268 g/mol. The van der Waals surface area contributed by atoms with Crippen LogP contribution in [-0.4, -0.2) is 43.4 Å². The standard InChI is InChI=1S/C15H24N4O2/c1-3-19(11-15(21)17-2)8-7-14(20)18-13-6-4-5-12(9-13)10-16/h4-6,9H,3,7-8,10-11,16H2,1-2H3,(H,17,21)(H,18,20). The monoisotopic (exact) mass is 292 g/mol.